The highest BCUT2D eigenvalue weighted by molar-refractivity contribution is 7.19. The Morgan fingerprint density at radius 2 is 1.97 bits per heavy atom. The molecular weight excluding hydrogens is 419 g/mol. The fourth-order valence-electron chi connectivity index (χ4n) is 3.31. The number of carbonyl (C=O) groups excluding carboxylic acids is 1. The van der Waals surface area contributed by atoms with E-state index in [4.69, 9.17) is 0 Å². The van der Waals surface area contributed by atoms with E-state index in [1.54, 1.807) is 19.2 Å². The van der Waals surface area contributed by atoms with Gasteiger partial charge in [-0.2, -0.15) is 0 Å². The summed E-state index contributed by atoms with van der Waals surface area (Å²) < 4.78 is 15.8. The van der Waals surface area contributed by atoms with Crippen molar-refractivity contribution in [3.05, 3.63) is 103 Å². The lowest BCUT2D eigenvalue weighted by Gasteiger charge is -2.07. The summed E-state index contributed by atoms with van der Waals surface area (Å²) in [6.45, 7) is 3.73. The first-order valence-corrected chi connectivity index (χ1v) is 10.3. The highest BCUT2D eigenvalue weighted by Gasteiger charge is 2.17. The van der Waals surface area contributed by atoms with Gasteiger partial charge in [-0.3, -0.25) is 23.5 Å². The first-order valence-electron chi connectivity index (χ1n) is 9.53. The predicted octanol–water partition coefficient (Wildman–Crippen LogP) is 2.65. The second kappa shape index (κ2) is 8.27. The molecule has 0 atom stereocenters. The molecule has 4 rings (SSSR count). The Morgan fingerprint density at radius 3 is 2.71 bits per heavy atom. The molecule has 0 saturated carbocycles. The van der Waals surface area contributed by atoms with Crippen molar-refractivity contribution in [3.8, 4) is 0 Å². The molecule has 1 N–H and O–H groups in total. The molecule has 0 fully saturated rings. The van der Waals surface area contributed by atoms with Gasteiger partial charge in [-0.05, 0) is 49.2 Å². The average Bonchev–Trinajstić information content (AvgIpc) is 3.20. The molecule has 0 unspecified atom stereocenters. The molecule has 0 aliphatic heterocycles. The van der Waals surface area contributed by atoms with Gasteiger partial charge in [0.05, 0.1) is 6.54 Å². The molecule has 0 spiro atoms. The van der Waals surface area contributed by atoms with Crippen LogP contribution < -0.4 is 16.6 Å². The normalized spacial score (nSPS) is 11.1. The Balaban J connectivity index is 1.66. The maximum absolute atomic E-state index is 13.5. The van der Waals surface area contributed by atoms with Gasteiger partial charge in [0.1, 0.15) is 15.5 Å². The molecule has 3 heterocycles. The second-order valence-electron chi connectivity index (χ2n) is 7.19. The molecule has 3 aromatic heterocycles. The Bertz CT molecular complexity index is 1420. The number of rotatable bonds is 5. The van der Waals surface area contributed by atoms with Crippen molar-refractivity contribution >= 4 is 22.1 Å². The lowest BCUT2D eigenvalue weighted by atomic mass is 10.2. The molecule has 4 aromatic rings. The van der Waals surface area contributed by atoms with Gasteiger partial charge in [-0.25, -0.2) is 9.18 Å². The third-order valence-corrected chi connectivity index (χ3v) is 6.07. The minimum atomic E-state index is -0.574. The van der Waals surface area contributed by atoms with E-state index in [2.05, 4.69) is 10.3 Å². The minimum Gasteiger partial charge on any atom is -0.347 e. The van der Waals surface area contributed by atoms with E-state index < -0.39 is 17.1 Å². The van der Waals surface area contributed by atoms with Crippen LogP contribution in [0.3, 0.4) is 0 Å². The molecule has 1 amide bonds. The maximum atomic E-state index is 13.5. The Kier molecular flexibility index (Phi) is 5.51. The van der Waals surface area contributed by atoms with Crippen LogP contribution >= 0.6 is 11.3 Å². The Morgan fingerprint density at radius 1 is 1.16 bits per heavy atom. The molecular formula is C22H19FN4O3S. The largest absolute Gasteiger partial charge is 0.347 e. The van der Waals surface area contributed by atoms with Crippen molar-refractivity contribution in [2.24, 2.45) is 0 Å². The topological polar surface area (TPSA) is 85.5 Å². The van der Waals surface area contributed by atoms with Gasteiger partial charge < -0.3 is 5.32 Å². The number of hydrogen-bond donors (Lipinski definition) is 1. The lowest BCUT2D eigenvalue weighted by Crippen LogP contribution is -2.38. The van der Waals surface area contributed by atoms with E-state index in [-0.39, 0.29) is 12.5 Å². The molecule has 158 valence electrons. The van der Waals surface area contributed by atoms with Crippen molar-refractivity contribution in [1.29, 1.82) is 0 Å². The van der Waals surface area contributed by atoms with Crippen LogP contribution in [0.2, 0.25) is 0 Å². The molecule has 1 aromatic carbocycles. The van der Waals surface area contributed by atoms with E-state index in [0.29, 0.717) is 27.4 Å². The third-order valence-electron chi connectivity index (χ3n) is 4.86. The fraction of sp³-hybridized carbons (Fsp3) is 0.182. The van der Waals surface area contributed by atoms with Gasteiger partial charge in [-0.1, -0.05) is 12.1 Å². The number of halogens is 1. The van der Waals surface area contributed by atoms with E-state index >= 15 is 0 Å². The van der Waals surface area contributed by atoms with Crippen LogP contribution in [0.1, 0.15) is 32.1 Å². The molecule has 0 aliphatic carbocycles. The van der Waals surface area contributed by atoms with Gasteiger partial charge in [0.25, 0.3) is 11.5 Å². The second-order valence-corrected chi connectivity index (χ2v) is 8.22. The van der Waals surface area contributed by atoms with Gasteiger partial charge in [0.2, 0.25) is 0 Å². The predicted molar refractivity (Wildman–Crippen MR) is 116 cm³/mol. The van der Waals surface area contributed by atoms with E-state index in [9.17, 15) is 18.8 Å². The smallest absolute Gasteiger partial charge is 0.336 e. The first kappa shape index (κ1) is 20.7. The van der Waals surface area contributed by atoms with E-state index in [1.807, 2.05) is 19.1 Å². The zero-order valence-corrected chi connectivity index (χ0v) is 17.7. The number of nitrogens with one attached hydrogen (secondary N) is 1. The molecule has 0 bridgehead atoms. The van der Waals surface area contributed by atoms with Gasteiger partial charge in [-0.15, -0.1) is 11.3 Å². The summed E-state index contributed by atoms with van der Waals surface area (Å²) in [7, 11) is 0. The third kappa shape index (κ3) is 4.17. The molecule has 0 radical (unpaired) electrons. The summed E-state index contributed by atoms with van der Waals surface area (Å²) in [6.07, 6.45) is 3.11. The van der Waals surface area contributed by atoms with Gasteiger partial charge >= 0.3 is 5.69 Å². The summed E-state index contributed by atoms with van der Waals surface area (Å²) in [5.41, 5.74) is 1.57. The van der Waals surface area contributed by atoms with Crippen molar-refractivity contribution < 1.29 is 9.18 Å². The Labute approximate surface area is 180 Å². The van der Waals surface area contributed by atoms with Gasteiger partial charge in [0.15, 0.2) is 0 Å². The number of aromatic nitrogens is 3. The molecule has 9 heteroatoms. The standard InChI is InChI=1S/C22H19FN4O3S/c1-13-8-15(6-7-24-13)10-25-19(28)18-12-27-21(31-18)14(2)20(29)26(22(27)30)11-16-4-3-5-17(23)9-16/h3-9,12H,10-11H2,1-2H3,(H,25,28). The summed E-state index contributed by atoms with van der Waals surface area (Å²) in [5.74, 6) is -0.784. The summed E-state index contributed by atoms with van der Waals surface area (Å²) in [5, 5.41) is 2.82. The van der Waals surface area contributed by atoms with Crippen LogP contribution in [-0.4, -0.2) is 19.9 Å². The Hall–Kier alpha value is -3.59. The number of pyridine rings is 1. The number of aryl methyl sites for hydroxylation is 2. The quantitative estimate of drug-likeness (QED) is 0.519. The maximum Gasteiger partial charge on any atom is 0.336 e. The highest BCUT2D eigenvalue weighted by atomic mass is 32.1. The molecule has 7 nitrogen and oxygen atoms in total. The van der Waals surface area contributed by atoms with Gasteiger partial charge in [0, 0.05) is 30.2 Å². The molecule has 31 heavy (non-hydrogen) atoms. The van der Waals surface area contributed by atoms with Crippen LogP contribution in [0.4, 0.5) is 4.39 Å². The van der Waals surface area contributed by atoms with Crippen LogP contribution in [0.5, 0.6) is 0 Å². The van der Waals surface area contributed by atoms with Crippen molar-refractivity contribution in [1.82, 2.24) is 19.3 Å². The van der Waals surface area contributed by atoms with Crippen LogP contribution in [-0.2, 0) is 13.1 Å². The average molecular weight is 438 g/mol. The van der Waals surface area contributed by atoms with Crippen LogP contribution in [0, 0.1) is 19.7 Å². The first-order chi connectivity index (χ1) is 14.8. The molecule has 0 saturated heterocycles. The summed E-state index contributed by atoms with van der Waals surface area (Å²) in [4.78, 5) is 43.2. The number of hydrogen-bond acceptors (Lipinski definition) is 5. The van der Waals surface area contributed by atoms with Crippen molar-refractivity contribution in [2.45, 2.75) is 26.9 Å². The lowest BCUT2D eigenvalue weighted by molar-refractivity contribution is 0.0954. The van der Waals surface area contributed by atoms with Crippen molar-refractivity contribution in [3.63, 3.8) is 0 Å². The monoisotopic (exact) mass is 438 g/mol. The number of benzene rings is 1. The highest BCUT2D eigenvalue weighted by Crippen LogP contribution is 2.18. The zero-order valence-electron chi connectivity index (χ0n) is 16.9. The zero-order chi connectivity index (χ0) is 22.1. The number of fused-ring (bicyclic) bond motifs is 1. The van der Waals surface area contributed by atoms with Crippen LogP contribution in [0.25, 0.3) is 4.83 Å². The number of carbonyl (C=O) groups is 1. The molecule has 0 aliphatic rings. The summed E-state index contributed by atoms with van der Waals surface area (Å²) >= 11 is 1.08. The number of nitrogens with zero attached hydrogens (tertiary/aromatic N) is 3. The van der Waals surface area contributed by atoms with E-state index in [0.717, 1.165) is 27.2 Å². The van der Waals surface area contributed by atoms with E-state index in [1.165, 1.54) is 28.8 Å². The minimum absolute atomic E-state index is 0.0576. The fourth-order valence-corrected chi connectivity index (χ4v) is 4.31. The SMILES string of the molecule is Cc1cc(CNC(=O)c2cn3c(=O)n(Cc4cccc(F)c4)c(=O)c(C)c3s2)ccn1. The van der Waals surface area contributed by atoms with Crippen molar-refractivity contribution in [2.75, 3.05) is 0 Å². The number of amides is 1. The number of thiazole rings is 1. The van der Waals surface area contributed by atoms with Crippen LogP contribution in [0.15, 0.2) is 58.4 Å². The summed E-state index contributed by atoms with van der Waals surface area (Å²) in [6, 6.07) is 9.43.